The summed E-state index contributed by atoms with van der Waals surface area (Å²) in [5.41, 5.74) is -7.65. The van der Waals surface area contributed by atoms with Crippen molar-refractivity contribution < 1.29 is 82.5 Å². The minimum absolute atomic E-state index is 0.0832. The highest BCUT2D eigenvalue weighted by molar-refractivity contribution is 6.01. The smallest absolute Gasteiger partial charge is 0.345 e. The number of allylic oxidation sites excluding steroid dienone is 4. The third-order valence-electron chi connectivity index (χ3n) is 11.7. The highest BCUT2D eigenvalue weighted by atomic mass is 19.1. The van der Waals surface area contributed by atoms with Crippen LogP contribution in [-0.2, 0) is 52.7 Å². The van der Waals surface area contributed by atoms with Crippen LogP contribution in [0, 0.1) is 42.9 Å². The van der Waals surface area contributed by atoms with E-state index in [1.54, 1.807) is 6.92 Å². The molecule has 0 aromatic rings. The van der Waals surface area contributed by atoms with Gasteiger partial charge >= 0.3 is 23.9 Å². The number of aliphatic carboxylic acids is 1. The van der Waals surface area contributed by atoms with Gasteiger partial charge in [-0.3, -0.25) is 24.0 Å². The van der Waals surface area contributed by atoms with Crippen LogP contribution in [0.1, 0.15) is 84.5 Å². The number of aliphatic hydroxyl groups is 2. The number of fused-ring (bicyclic) bond motifs is 5. The lowest BCUT2D eigenvalue weighted by Gasteiger charge is -2.62. The van der Waals surface area contributed by atoms with Crippen molar-refractivity contribution >= 4 is 35.4 Å². The van der Waals surface area contributed by atoms with Crippen LogP contribution in [0.15, 0.2) is 23.8 Å². The number of nitrogens with zero attached hydrogens (tertiary/aromatic N) is 2. The Hall–Kier alpha value is -5.05. The van der Waals surface area contributed by atoms with Crippen molar-refractivity contribution in [3.8, 4) is 0 Å². The van der Waals surface area contributed by atoms with E-state index >= 15 is 4.39 Å². The Bertz CT molecular complexity index is 1670. The number of halogens is 1. The van der Waals surface area contributed by atoms with Gasteiger partial charge in [0.25, 0.3) is 10.2 Å². The molecular weight excluding hydrogens is 755 g/mol. The number of Topliss-reactive ketones (excluding diaryl/α,β-unsaturated/α-hetero) is 1. The van der Waals surface area contributed by atoms with Crippen LogP contribution in [0.2, 0.25) is 0 Å². The van der Waals surface area contributed by atoms with Crippen LogP contribution < -0.4 is 0 Å². The number of aliphatic hydroxyl groups excluding tert-OH is 2. The van der Waals surface area contributed by atoms with Crippen LogP contribution >= 0.6 is 0 Å². The van der Waals surface area contributed by atoms with Crippen LogP contribution in [0.3, 0.4) is 0 Å². The summed E-state index contributed by atoms with van der Waals surface area (Å²) in [4.78, 5) is 106. The molecule has 0 aromatic heterocycles. The van der Waals surface area contributed by atoms with Crippen molar-refractivity contribution in [2.45, 2.75) is 114 Å². The first kappa shape index (κ1) is 43.7. The number of esters is 3. The summed E-state index contributed by atoms with van der Waals surface area (Å²) in [6.07, 6.45) is -3.80. The van der Waals surface area contributed by atoms with E-state index in [4.69, 9.17) is 14.2 Å². The summed E-state index contributed by atoms with van der Waals surface area (Å²) in [7, 11) is 0. The standard InChI is InChI=1S/C35H45FN2O18/c1-32-12-11-21(39)15-20(32)9-10-22-23-16-25(40)35(33(23,2)18-26(41)34(22,32)36,56-29(44)8-6-14-54-38(50)51)27(42)19-52-30(45)17-24(31(46)47)55-28(43)7-4-3-5-13-53-37(48)49/h11-12,15,22-26,40-41H,3-10,13-14,16-19H2,1-2H3,(H,46,47)/t22?,23?,24?,25-,26+,32+,33+,34+,35+/m1/s1. The first-order valence-electron chi connectivity index (χ1n) is 18.1. The first-order chi connectivity index (χ1) is 26.2. The van der Waals surface area contributed by atoms with Crippen LogP contribution in [-0.4, -0.2) is 110 Å². The second-order valence-electron chi connectivity index (χ2n) is 14.9. The molecule has 0 spiro atoms. The Morgan fingerprint density at radius 1 is 0.929 bits per heavy atom. The van der Waals surface area contributed by atoms with Gasteiger partial charge in [-0.05, 0) is 69.9 Å². The van der Waals surface area contributed by atoms with Gasteiger partial charge < -0.3 is 39.2 Å². The minimum Gasteiger partial charge on any atom is -0.478 e. The molecule has 9 atom stereocenters. The minimum atomic E-state index is -2.57. The topological polar surface area (TPSA) is 296 Å². The molecule has 0 radical (unpaired) electrons. The van der Waals surface area contributed by atoms with Crippen molar-refractivity contribution in [3.63, 3.8) is 0 Å². The Labute approximate surface area is 318 Å². The number of ketones is 2. The third kappa shape index (κ3) is 8.52. The Morgan fingerprint density at radius 2 is 1.57 bits per heavy atom. The summed E-state index contributed by atoms with van der Waals surface area (Å²) < 4.78 is 33.4. The number of carbonyl (C=O) groups excluding carboxylic acids is 5. The predicted molar refractivity (Wildman–Crippen MR) is 180 cm³/mol. The fourth-order valence-corrected chi connectivity index (χ4v) is 9.09. The molecule has 0 heterocycles. The number of carboxylic acids is 1. The molecule has 0 aliphatic heterocycles. The number of alkyl halides is 1. The zero-order chi connectivity index (χ0) is 41.6. The van der Waals surface area contributed by atoms with Crippen molar-refractivity contribution in [3.05, 3.63) is 44.0 Å². The molecule has 4 aliphatic rings. The molecule has 3 saturated carbocycles. The van der Waals surface area contributed by atoms with Gasteiger partial charge in [0.2, 0.25) is 17.5 Å². The van der Waals surface area contributed by atoms with E-state index in [1.165, 1.54) is 25.2 Å². The molecule has 3 unspecified atom stereocenters. The van der Waals surface area contributed by atoms with Crippen molar-refractivity contribution in [1.29, 1.82) is 0 Å². The third-order valence-corrected chi connectivity index (χ3v) is 11.7. The molecule has 4 aliphatic carbocycles. The van der Waals surface area contributed by atoms with E-state index in [2.05, 4.69) is 9.68 Å². The summed E-state index contributed by atoms with van der Waals surface area (Å²) in [6.45, 7) is 1.04. The quantitative estimate of drug-likeness (QED) is 0.0520. The van der Waals surface area contributed by atoms with Gasteiger partial charge in [0.05, 0.1) is 25.7 Å². The average Bonchev–Trinajstić information content (AvgIpc) is 3.33. The number of hydrogen-bond donors (Lipinski definition) is 3. The van der Waals surface area contributed by atoms with Gasteiger partial charge in [-0.2, -0.15) is 0 Å². The lowest BCUT2D eigenvalue weighted by Crippen LogP contribution is -2.70. The summed E-state index contributed by atoms with van der Waals surface area (Å²) in [5, 5.41) is 51.7. The van der Waals surface area contributed by atoms with Gasteiger partial charge in [-0.15, -0.1) is 20.2 Å². The molecule has 4 rings (SSSR count). The number of ether oxygens (including phenoxy) is 3. The van der Waals surface area contributed by atoms with E-state index in [1.807, 2.05) is 0 Å². The fraction of sp³-hybridized carbons (Fsp3) is 0.714. The van der Waals surface area contributed by atoms with Gasteiger partial charge in [0, 0.05) is 29.6 Å². The Kier molecular flexibility index (Phi) is 13.6. The molecule has 20 nitrogen and oxygen atoms in total. The highest BCUT2D eigenvalue weighted by Gasteiger charge is 2.78. The fourth-order valence-electron chi connectivity index (χ4n) is 9.09. The van der Waals surface area contributed by atoms with Gasteiger partial charge in [0.1, 0.15) is 6.10 Å². The summed E-state index contributed by atoms with van der Waals surface area (Å²) in [6, 6.07) is 0. The molecule has 3 N–H and O–H groups in total. The first-order valence-corrected chi connectivity index (χ1v) is 18.1. The van der Waals surface area contributed by atoms with E-state index in [9.17, 15) is 64.3 Å². The van der Waals surface area contributed by atoms with Crippen molar-refractivity contribution in [2.24, 2.45) is 22.7 Å². The molecule has 56 heavy (non-hydrogen) atoms. The van der Waals surface area contributed by atoms with Gasteiger partial charge in [-0.1, -0.05) is 25.0 Å². The van der Waals surface area contributed by atoms with Gasteiger partial charge in [-0.25, -0.2) is 9.18 Å². The molecule has 0 aromatic carbocycles. The van der Waals surface area contributed by atoms with E-state index in [0.717, 1.165) is 0 Å². The summed E-state index contributed by atoms with van der Waals surface area (Å²) >= 11 is 0. The maximum absolute atomic E-state index is 17.7. The van der Waals surface area contributed by atoms with Crippen molar-refractivity contribution in [1.82, 2.24) is 0 Å². The summed E-state index contributed by atoms with van der Waals surface area (Å²) in [5.74, 6) is -8.71. The number of rotatable bonds is 20. The highest BCUT2D eigenvalue weighted by Crippen LogP contribution is 2.70. The number of carboxylic acid groups (broad SMARTS) is 1. The predicted octanol–water partition coefficient (Wildman–Crippen LogP) is 1.87. The molecule has 21 heteroatoms. The number of carbonyl (C=O) groups is 6. The maximum atomic E-state index is 17.7. The lowest BCUT2D eigenvalue weighted by atomic mass is 9.44. The number of unbranched alkanes of at least 4 members (excludes halogenated alkanes) is 2. The van der Waals surface area contributed by atoms with Gasteiger partial charge in [0.15, 0.2) is 18.1 Å². The largest absolute Gasteiger partial charge is 0.478 e. The Morgan fingerprint density at radius 3 is 2.21 bits per heavy atom. The van der Waals surface area contributed by atoms with Crippen LogP contribution in [0.5, 0.6) is 0 Å². The van der Waals surface area contributed by atoms with Crippen LogP contribution in [0.4, 0.5) is 4.39 Å². The average molecular weight is 801 g/mol. The monoisotopic (exact) mass is 800 g/mol. The van der Waals surface area contributed by atoms with Crippen molar-refractivity contribution in [2.75, 3.05) is 19.8 Å². The second-order valence-corrected chi connectivity index (χ2v) is 14.9. The van der Waals surface area contributed by atoms with E-state index < -0.39 is 125 Å². The van der Waals surface area contributed by atoms with Crippen LogP contribution in [0.25, 0.3) is 0 Å². The molecule has 0 saturated heterocycles. The maximum Gasteiger partial charge on any atom is 0.345 e. The molecular formula is C35H45FN2O18. The van der Waals surface area contributed by atoms with E-state index in [-0.39, 0.29) is 57.3 Å². The van der Waals surface area contributed by atoms with E-state index in [0.29, 0.717) is 12.0 Å². The lowest BCUT2D eigenvalue weighted by molar-refractivity contribution is -0.757. The second kappa shape index (κ2) is 17.4. The zero-order valence-electron chi connectivity index (χ0n) is 30.8. The molecule has 0 amide bonds. The zero-order valence-corrected chi connectivity index (χ0v) is 30.8. The molecule has 3 fully saturated rings. The molecule has 310 valence electrons. The molecule has 0 bridgehead atoms. The normalized spacial score (nSPS) is 32.0. The SMILES string of the molecule is C[C@]12C=CC(=O)C=C1CCC1C3C[C@@H](O)[C@](OC(=O)CCCO[N+](=O)[O-])(C(=O)COC(=O)CC(OC(=O)CCCCCO[N+](=O)[O-])C(=O)O)[C@@]3(C)C[C@H](O)[C@@]12F. The number of hydrogen-bond acceptors (Lipinski definition) is 17. The Balaban J connectivity index is 1.53.